The van der Waals surface area contributed by atoms with Crippen molar-refractivity contribution in [2.45, 2.75) is 124 Å². The Morgan fingerprint density at radius 2 is 0.759 bits per heavy atom. The van der Waals surface area contributed by atoms with Gasteiger partial charge in [0.05, 0.1) is 32.3 Å². The van der Waals surface area contributed by atoms with Gasteiger partial charge < -0.3 is 33.2 Å². The van der Waals surface area contributed by atoms with Crippen molar-refractivity contribution >= 4 is 142 Å². The minimum Gasteiger partial charge on any atom is -0.454 e. The van der Waals surface area contributed by atoms with E-state index in [9.17, 15) is 33.6 Å². The van der Waals surface area contributed by atoms with E-state index < -0.39 is 43.6 Å². The normalized spacial score (nSPS) is 9.34. The van der Waals surface area contributed by atoms with Crippen molar-refractivity contribution in [1.29, 1.82) is 0 Å². The Labute approximate surface area is 388 Å². The molecule has 0 heterocycles. The average Bonchev–Trinajstić information content (AvgIpc) is 3.12. The highest BCUT2D eigenvalue weighted by Crippen LogP contribution is 2.05. The Hall–Kier alpha value is -1.36. The molecular formula is C35H59Cl9O14. The fraction of sp³-hybridized carbons (Fsp3) is 0.743. The highest BCUT2D eigenvalue weighted by molar-refractivity contribution is 6.62. The van der Waals surface area contributed by atoms with E-state index in [0.29, 0.717) is 32.3 Å². The number of unbranched alkanes of at least 4 members (excludes halogenated alkanes) is 9. The molecule has 58 heavy (non-hydrogen) atoms. The van der Waals surface area contributed by atoms with Crippen LogP contribution in [0.1, 0.15) is 118 Å². The second kappa shape index (κ2) is 64.8. The van der Waals surface area contributed by atoms with Crippen molar-refractivity contribution in [2.24, 2.45) is 0 Å². The molecule has 0 rings (SSSR count). The molecule has 0 saturated heterocycles. The number of alkyl halides is 2. The number of halogens is 9. The van der Waals surface area contributed by atoms with Crippen LogP contribution >= 0.6 is 104 Å². The van der Waals surface area contributed by atoms with Gasteiger partial charge >= 0.3 is 38.0 Å². The predicted octanol–water partition coefficient (Wildman–Crippen LogP) is 15.7. The summed E-state index contributed by atoms with van der Waals surface area (Å²) in [6.45, 7) is 15.2. The molecule has 0 radical (unpaired) electrons. The molecule has 0 aromatic heterocycles. The van der Waals surface area contributed by atoms with E-state index in [1.807, 2.05) is 13.8 Å². The molecule has 0 aliphatic rings. The molecule has 0 saturated carbocycles. The standard InChI is InChI=1S/C9H17ClO2.C7H13ClO2.C5H9ClO2.C4H7ClO2.C4H5ClO2.2C3H4Cl2O2/c1-2-3-4-5-6-7-8-12-9(10)11;1-2-3-4-5-6-10-7(8)9;1-2-3-4-8-5(6)7;2*1-2-3-7-4(5)6;1-2(4)7-3(5)6;4-1-2-7-3(5)6/h2-8H2,1H3;2-6H2,1H3;2-4H2,1H3;2-3H2,1H3;2H,1,3H2;2H,1H3;1-2H2. The fourth-order valence-electron chi connectivity index (χ4n) is 2.57. The second-order valence-corrected chi connectivity index (χ2v) is 13.2. The lowest BCUT2D eigenvalue weighted by Crippen LogP contribution is -1.99. The highest BCUT2D eigenvalue weighted by Gasteiger charge is 1.99. The summed E-state index contributed by atoms with van der Waals surface area (Å²) < 4.78 is 30.3. The van der Waals surface area contributed by atoms with Gasteiger partial charge in [-0.25, -0.2) is 33.6 Å². The Bertz CT molecular complexity index is 963. The Morgan fingerprint density at radius 3 is 0.983 bits per heavy atom. The van der Waals surface area contributed by atoms with Crippen LogP contribution in [0.3, 0.4) is 0 Å². The molecule has 14 nitrogen and oxygen atoms in total. The Balaban J connectivity index is -0.000000106. The van der Waals surface area contributed by atoms with Crippen LogP contribution in [0.25, 0.3) is 0 Å². The van der Waals surface area contributed by atoms with Gasteiger partial charge in [-0.05, 0) is 32.6 Å². The highest BCUT2D eigenvalue weighted by atomic mass is 35.5. The van der Waals surface area contributed by atoms with E-state index in [1.54, 1.807) is 0 Å². The van der Waals surface area contributed by atoms with Crippen molar-refractivity contribution in [1.82, 2.24) is 0 Å². The van der Waals surface area contributed by atoms with E-state index in [4.69, 9.17) is 104 Å². The molecule has 0 N–H and O–H groups in total. The van der Waals surface area contributed by atoms with Gasteiger partial charge in [0.1, 0.15) is 13.2 Å². The topological polar surface area (TPSA) is 184 Å². The third-order valence-corrected chi connectivity index (χ3v) is 5.91. The number of rotatable bonds is 22. The van der Waals surface area contributed by atoms with Crippen LogP contribution in [-0.2, 0) is 33.2 Å². The molecule has 0 aliphatic carbocycles. The summed E-state index contributed by atoms with van der Waals surface area (Å²) in [5.41, 5.74) is -5.92. The zero-order valence-corrected chi connectivity index (χ0v) is 40.4. The van der Waals surface area contributed by atoms with Gasteiger partial charge in [0.25, 0.3) is 0 Å². The minimum absolute atomic E-state index is 0.183. The lowest BCUT2D eigenvalue weighted by Gasteiger charge is -2.00. The van der Waals surface area contributed by atoms with E-state index >= 15 is 0 Å². The number of carbonyl (C=O) groups excluding carboxylic acids is 7. The van der Waals surface area contributed by atoms with Gasteiger partial charge in [-0.2, -0.15) is 0 Å². The van der Waals surface area contributed by atoms with Gasteiger partial charge in [-0.15, -0.1) is 11.6 Å². The van der Waals surface area contributed by atoms with Crippen LogP contribution in [-0.4, -0.2) is 89.1 Å². The first kappa shape index (κ1) is 71.2. The summed E-state index contributed by atoms with van der Waals surface area (Å²) in [7, 11) is 0. The third kappa shape index (κ3) is 124. The van der Waals surface area contributed by atoms with Crippen LogP contribution in [0.4, 0.5) is 33.6 Å². The molecule has 0 aromatic carbocycles. The molecular weight excluding hydrogens is 963 g/mol. The molecule has 0 amide bonds. The van der Waals surface area contributed by atoms with E-state index in [0.717, 1.165) is 44.9 Å². The maximum Gasteiger partial charge on any atom is 0.405 e. The monoisotopic (exact) mass is 1020 g/mol. The summed E-state index contributed by atoms with van der Waals surface area (Å²) >= 11 is 44.0. The lowest BCUT2D eigenvalue weighted by molar-refractivity contribution is 0.165. The summed E-state index contributed by atoms with van der Waals surface area (Å²) in [5, 5.41) is 0. The van der Waals surface area contributed by atoms with E-state index in [-0.39, 0.29) is 13.2 Å². The molecule has 0 bridgehead atoms. The predicted molar refractivity (Wildman–Crippen MR) is 234 cm³/mol. The minimum atomic E-state index is -0.873. The van der Waals surface area contributed by atoms with Crippen LogP contribution in [0.2, 0.25) is 0 Å². The number of carbonyl (C=O) groups is 7. The van der Waals surface area contributed by atoms with Crippen molar-refractivity contribution in [2.75, 3.05) is 45.5 Å². The molecule has 0 fully saturated rings. The molecule has 1 atom stereocenters. The Kier molecular flexibility index (Phi) is 79.5. The quantitative estimate of drug-likeness (QED) is 0.0328. The Morgan fingerprint density at radius 1 is 0.448 bits per heavy atom. The zero-order chi connectivity index (χ0) is 46.4. The molecule has 0 aromatic rings. The van der Waals surface area contributed by atoms with Gasteiger partial charge in [0.15, 0.2) is 5.56 Å². The van der Waals surface area contributed by atoms with Gasteiger partial charge in [-0.1, -0.05) is 110 Å². The molecule has 0 spiro atoms. The van der Waals surface area contributed by atoms with Crippen LogP contribution in [0, 0.1) is 0 Å². The van der Waals surface area contributed by atoms with Crippen LogP contribution < -0.4 is 0 Å². The van der Waals surface area contributed by atoms with Crippen LogP contribution in [0.15, 0.2) is 12.7 Å². The van der Waals surface area contributed by atoms with Gasteiger partial charge in [0.2, 0.25) is 0 Å². The lowest BCUT2D eigenvalue weighted by atomic mass is 10.1. The largest absolute Gasteiger partial charge is 0.454 e. The molecule has 1 unspecified atom stereocenters. The average molecular weight is 1020 g/mol. The van der Waals surface area contributed by atoms with E-state index in [2.05, 4.69) is 53.6 Å². The first-order chi connectivity index (χ1) is 27.2. The van der Waals surface area contributed by atoms with Gasteiger partial charge in [0, 0.05) is 81.2 Å². The van der Waals surface area contributed by atoms with Gasteiger partial charge in [-0.3, -0.25) is 0 Å². The molecule has 346 valence electrons. The summed E-state index contributed by atoms with van der Waals surface area (Å²) in [5.74, 6) is 0.290. The number of hydrogen-bond acceptors (Lipinski definition) is 14. The molecule has 0 aliphatic heterocycles. The van der Waals surface area contributed by atoms with Crippen molar-refractivity contribution in [3.05, 3.63) is 12.7 Å². The van der Waals surface area contributed by atoms with Crippen molar-refractivity contribution < 1.29 is 66.7 Å². The fourth-order valence-corrected chi connectivity index (χ4v) is 3.35. The first-order valence-corrected chi connectivity index (χ1v) is 21.5. The van der Waals surface area contributed by atoms with E-state index in [1.165, 1.54) is 51.5 Å². The zero-order valence-electron chi connectivity index (χ0n) is 33.6. The van der Waals surface area contributed by atoms with Crippen molar-refractivity contribution in [3.8, 4) is 0 Å². The smallest absolute Gasteiger partial charge is 0.405 e. The second-order valence-electron chi connectivity index (χ2n) is 10.0. The maximum atomic E-state index is 10.1. The number of ether oxygens (including phenoxy) is 7. The number of hydrogen-bond donors (Lipinski definition) is 0. The maximum absolute atomic E-state index is 10.1. The first-order valence-electron chi connectivity index (χ1n) is 17.9. The third-order valence-electron chi connectivity index (χ3n) is 4.92. The molecule has 23 heteroatoms. The summed E-state index contributed by atoms with van der Waals surface area (Å²) in [4.78, 5) is 68.8. The SMILES string of the molecule is C=CCOC(=O)Cl.CC(Cl)OC(=O)Cl.CCCCCCCCOC(=O)Cl.CCCCCCOC(=O)Cl.CCCCOC(=O)Cl.CCCOC(=O)Cl.O=C(Cl)OCCCl. The van der Waals surface area contributed by atoms with Crippen LogP contribution in [0.5, 0.6) is 0 Å². The summed E-state index contributed by atoms with van der Waals surface area (Å²) in [6, 6.07) is 0. The summed E-state index contributed by atoms with van der Waals surface area (Å²) in [6.07, 6.45) is 15.7. The van der Waals surface area contributed by atoms with Crippen molar-refractivity contribution in [3.63, 3.8) is 0 Å².